The third kappa shape index (κ3) is 33.6. The van der Waals surface area contributed by atoms with Crippen LogP contribution in [0.25, 0.3) is 135 Å². The Morgan fingerprint density at radius 1 is 0.216 bits per heavy atom. The Hall–Kier alpha value is -13.6. The Balaban J connectivity index is 0.000000173. The number of hydrogen-bond donors (Lipinski definition) is 0. The largest absolute Gasteiger partial charge is 0.305 e. The fourth-order valence-corrected chi connectivity index (χ4v) is 13.6. The molecule has 8 heterocycles. The molecule has 0 fully saturated rings. The van der Waals surface area contributed by atoms with E-state index in [2.05, 4.69) is 269 Å². The van der Waals surface area contributed by atoms with Crippen molar-refractivity contribution in [3.8, 4) is 135 Å². The van der Waals surface area contributed by atoms with E-state index in [-0.39, 0.29) is 80.4 Å². The molecule has 12 heteroatoms. The van der Waals surface area contributed by atoms with Gasteiger partial charge in [0.25, 0.3) is 0 Å². The summed E-state index contributed by atoms with van der Waals surface area (Å²) in [5.74, 6) is 1.25. The van der Waals surface area contributed by atoms with Gasteiger partial charge >= 0.3 is 0 Å². The maximum atomic E-state index is 4.56. The van der Waals surface area contributed by atoms with Crippen molar-refractivity contribution < 1.29 is 80.4 Å². The molecule has 0 saturated heterocycles. The van der Waals surface area contributed by atoms with Crippen LogP contribution in [-0.2, 0) is 93.3 Å². The Bertz CT molecular complexity index is 6100. The monoisotopic (exact) mass is 2450 g/mol. The van der Waals surface area contributed by atoms with Gasteiger partial charge in [0.2, 0.25) is 0 Å². The molecule has 0 spiro atoms. The van der Waals surface area contributed by atoms with E-state index in [1.807, 2.05) is 298 Å². The third-order valence-electron chi connectivity index (χ3n) is 20.5. The molecule has 0 aliphatic rings. The van der Waals surface area contributed by atoms with Crippen LogP contribution in [0.5, 0.6) is 0 Å². The minimum atomic E-state index is 0. The van der Waals surface area contributed by atoms with E-state index >= 15 is 0 Å². The van der Waals surface area contributed by atoms with E-state index in [0.717, 1.165) is 125 Å². The van der Waals surface area contributed by atoms with Crippen LogP contribution in [0.4, 0.5) is 0 Å². The molecule has 0 N–H and O–H groups in total. The fourth-order valence-electron chi connectivity index (χ4n) is 13.6. The zero-order chi connectivity index (χ0) is 89.8. The summed E-state index contributed by atoms with van der Waals surface area (Å²) in [7, 11) is 0. The zero-order valence-corrected chi connectivity index (χ0v) is 84.9. The number of aryl methyl sites for hydroxylation is 2. The van der Waals surface area contributed by atoms with Crippen LogP contribution in [0, 0.1) is 61.4 Å². The number of pyridine rings is 8. The maximum Gasteiger partial charge on any atom is 0.0239 e. The van der Waals surface area contributed by atoms with Gasteiger partial charge in [-0.25, -0.2) is 0 Å². The molecule has 0 aliphatic heterocycles. The second-order valence-electron chi connectivity index (χ2n) is 30.8. The van der Waals surface area contributed by atoms with Crippen LogP contribution in [0.3, 0.4) is 0 Å². The molecule has 20 aromatic rings. The summed E-state index contributed by atoms with van der Waals surface area (Å²) in [5, 5.41) is 0. The van der Waals surface area contributed by atoms with E-state index in [4.69, 9.17) is 0 Å². The van der Waals surface area contributed by atoms with Crippen molar-refractivity contribution in [3.63, 3.8) is 0 Å². The Morgan fingerprint density at radius 2 is 0.470 bits per heavy atom. The van der Waals surface area contributed by atoms with Gasteiger partial charge in [-0.1, -0.05) is 234 Å². The van der Waals surface area contributed by atoms with Crippen molar-refractivity contribution in [2.75, 3.05) is 0 Å². The summed E-state index contributed by atoms with van der Waals surface area (Å²) in [6.07, 6.45) is 17.1. The van der Waals surface area contributed by atoms with Gasteiger partial charge in [-0.05, 0) is 163 Å². The van der Waals surface area contributed by atoms with Gasteiger partial charge in [0.15, 0.2) is 0 Å². The van der Waals surface area contributed by atoms with Crippen LogP contribution in [-0.4, -0.2) is 39.9 Å². The van der Waals surface area contributed by atoms with Crippen LogP contribution >= 0.6 is 0 Å². The van der Waals surface area contributed by atoms with E-state index in [9.17, 15) is 0 Å². The van der Waals surface area contributed by atoms with Crippen LogP contribution in [0.2, 0.25) is 0 Å². The summed E-state index contributed by atoms with van der Waals surface area (Å²) >= 11 is 0. The number of nitrogens with zero attached hydrogens (tertiary/aromatic N) is 8. The first-order chi connectivity index (χ1) is 64.0. The van der Waals surface area contributed by atoms with Crippen molar-refractivity contribution >= 4 is 0 Å². The number of aromatic nitrogens is 8. The molecule has 672 valence electrons. The van der Waals surface area contributed by atoms with Crippen molar-refractivity contribution in [3.05, 3.63) is 533 Å². The molecule has 0 aliphatic carbocycles. The topological polar surface area (TPSA) is 103 Å². The van der Waals surface area contributed by atoms with Gasteiger partial charge < -0.3 is 39.9 Å². The van der Waals surface area contributed by atoms with Crippen molar-refractivity contribution in [1.29, 1.82) is 0 Å². The Kier molecular flexibility index (Phi) is 44.8. The van der Waals surface area contributed by atoms with Gasteiger partial charge in [-0.15, -0.1) is 287 Å². The molecule has 0 amide bonds. The van der Waals surface area contributed by atoms with Gasteiger partial charge in [0, 0.05) is 130 Å². The Labute approximate surface area is 846 Å². The van der Waals surface area contributed by atoms with Crippen LogP contribution in [0.15, 0.2) is 462 Å². The smallest absolute Gasteiger partial charge is 0.0239 e. The van der Waals surface area contributed by atoms with E-state index in [1.165, 1.54) is 44.5 Å². The average Bonchev–Trinajstić information content (AvgIpc) is 0.841. The predicted molar refractivity (Wildman–Crippen MR) is 537 cm³/mol. The molecule has 12 aromatic carbocycles. The van der Waals surface area contributed by atoms with Crippen molar-refractivity contribution in [2.24, 2.45) is 5.92 Å². The molecule has 4 radical (unpaired) electrons. The SMILES string of the molecule is CC(C)Cc1ccc(-c2ccc(-c3[c-]cccc3)nc2)cc1.CC(C)c1ccc(-c2ccc(-c3[c-]cccc3)nc2)cc1.CCc1cccc(-c2ccc(-c3[c-]cccc3)nc2)c1.Cc1cccc(-c2ccc(-c3[c-]cccc3)nc2)c1.[Ir].[Ir].[Ir].[Ir].[c-]1ccccc1-c1ccccn1.[c-]1ccccc1-c1ccccn1.[c-]1ccccc1-c1ccccn1.[c-]1ccccc1-c1ccccn1. The molecule has 0 saturated carbocycles. The summed E-state index contributed by atoms with van der Waals surface area (Å²) in [6.45, 7) is 13.2. The average molecular weight is 2450 g/mol. The minimum absolute atomic E-state index is 0. The molecule has 0 bridgehead atoms. The van der Waals surface area contributed by atoms with Crippen molar-refractivity contribution in [1.82, 2.24) is 39.9 Å². The van der Waals surface area contributed by atoms with Gasteiger partial charge in [-0.3, -0.25) is 0 Å². The molecule has 8 nitrogen and oxygen atoms in total. The van der Waals surface area contributed by atoms with E-state index in [1.54, 1.807) is 24.8 Å². The molecule has 0 atom stereocenters. The van der Waals surface area contributed by atoms with Crippen LogP contribution in [0.1, 0.15) is 62.8 Å². The molecule has 134 heavy (non-hydrogen) atoms. The minimum Gasteiger partial charge on any atom is -0.305 e. The molecule has 8 aromatic heterocycles. The van der Waals surface area contributed by atoms with E-state index < -0.39 is 0 Å². The number of benzene rings is 12. The first-order valence-corrected chi connectivity index (χ1v) is 43.6. The third-order valence-corrected chi connectivity index (χ3v) is 20.5. The maximum absolute atomic E-state index is 4.56. The summed E-state index contributed by atoms with van der Waals surface area (Å²) in [5.41, 5.74) is 30.8. The molecular weight excluding hydrogens is 2350 g/mol. The molecule has 0 unspecified atom stereocenters. The summed E-state index contributed by atoms with van der Waals surface area (Å²) < 4.78 is 0. The standard InChI is InChI=1S/C21H20N.C20H18N.C19H16N.C18H14N.4C11H8N.4Ir/c1-16(2)14-17-8-10-18(11-9-17)20-12-13-21(22-15-20)19-6-4-3-5-7-19;1-15(2)16-8-10-17(11-9-16)19-12-13-20(21-14-19)18-6-4-3-5-7-18;1-2-15-7-6-10-17(13-15)18-11-12-19(20-14-18)16-8-4-3-5-9-16;1-14-6-5-9-16(12-14)17-10-11-18(19-13-17)15-7-3-2-4-8-15;4*1-2-6-10(7-3-1)11-8-4-5-9-12-11;;;;/h3-6,8-13,15-16H,14H2,1-2H3;3-6,8-15H,1-2H3;3-8,10-14H,2H2,1H3;2-7,9-13H,1H3;4*1-6,8-9H;;;;/q8*-1;;;;. The first-order valence-electron chi connectivity index (χ1n) is 43.6. The van der Waals surface area contributed by atoms with E-state index in [0.29, 0.717) is 11.8 Å². The fraction of sp³-hybridized carbons (Fsp3) is 0.0820. The summed E-state index contributed by atoms with van der Waals surface area (Å²) in [4.78, 5) is 35.1. The quantitative estimate of drug-likeness (QED) is 0.0882. The predicted octanol–water partition coefficient (Wildman–Crippen LogP) is 30.2. The zero-order valence-electron chi connectivity index (χ0n) is 75.4. The summed E-state index contributed by atoms with van der Waals surface area (Å²) in [6, 6.07) is 163. The van der Waals surface area contributed by atoms with Gasteiger partial charge in [-0.2, -0.15) is 0 Å². The second kappa shape index (κ2) is 57.7. The molecule has 20 rings (SSSR count). The van der Waals surface area contributed by atoms with Crippen molar-refractivity contribution in [2.45, 2.75) is 60.3 Å². The number of rotatable bonds is 16. The van der Waals surface area contributed by atoms with Crippen LogP contribution < -0.4 is 0 Å². The second-order valence-corrected chi connectivity index (χ2v) is 30.8. The Morgan fingerprint density at radius 3 is 0.701 bits per heavy atom. The molecular formula is C122H100Ir4N8-8. The van der Waals surface area contributed by atoms with Gasteiger partial charge in [0.05, 0.1) is 0 Å². The van der Waals surface area contributed by atoms with Gasteiger partial charge in [0.1, 0.15) is 0 Å². The first kappa shape index (κ1) is 104. The number of hydrogen-bond acceptors (Lipinski definition) is 8. The normalized spacial score (nSPS) is 9.97.